The molecule has 10 heteroatoms. The van der Waals surface area contributed by atoms with Crippen molar-refractivity contribution in [3.05, 3.63) is 54.3 Å². The molecule has 0 radical (unpaired) electrons. The lowest BCUT2D eigenvalue weighted by atomic mass is 9.96. The second-order valence-corrected chi connectivity index (χ2v) is 10.5. The summed E-state index contributed by atoms with van der Waals surface area (Å²) >= 11 is 0. The summed E-state index contributed by atoms with van der Waals surface area (Å²) in [6, 6.07) is 8.07. The van der Waals surface area contributed by atoms with Crippen LogP contribution in [0.5, 0.6) is 0 Å². The van der Waals surface area contributed by atoms with Crippen molar-refractivity contribution >= 4 is 15.9 Å². The van der Waals surface area contributed by atoms with Crippen molar-refractivity contribution in [1.29, 1.82) is 0 Å². The minimum absolute atomic E-state index is 0.0965. The molecule has 0 unspecified atom stereocenters. The van der Waals surface area contributed by atoms with Gasteiger partial charge in [-0.05, 0) is 56.0 Å². The van der Waals surface area contributed by atoms with E-state index < -0.39 is 10.0 Å². The van der Waals surface area contributed by atoms with E-state index in [9.17, 15) is 13.2 Å². The van der Waals surface area contributed by atoms with Crippen molar-refractivity contribution in [2.24, 2.45) is 0 Å². The Labute approximate surface area is 192 Å². The third-order valence-electron chi connectivity index (χ3n) is 6.39. The summed E-state index contributed by atoms with van der Waals surface area (Å²) < 4.78 is 38.0. The SMILES string of the molecule is O=C(c1ccc(S(=O)(=O)N2CCCCC2)cc1)N1CCC(c2nnc(-c3ccoc3)o2)CC1. The molecule has 1 aromatic carbocycles. The van der Waals surface area contributed by atoms with Crippen LogP contribution in [-0.4, -0.2) is 59.9 Å². The second kappa shape index (κ2) is 9.11. The first-order valence-corrected chi connectivity index (χ1v) is 12.7. The van der Waals surface area contributed by atoms with E-state index in [2.05, 4.69) is 10.2 Å². The molecular formula is C23H26N4O5S. The van der Waals surface area contributed by atoms with Gasteiger partial charge in [-0.3, -0.25) is 4.79 Å². The highest BCUT2D eigenvalue weighted by molar-refractivity contribution is 7.89. The van der Waals surface area contributed by atoms with Crippen molar-refractivity contribution in [1.82, 2.24) is 19.4 Å². The average Bonchev–Trinajstić information content (AvgIpc) is 3.57. The van der Waals surface area contributed by atoms with Gasteiger partial charge in [-0.25, -0.2) is 8.42 Å². The molecule has 0 aliphatic carbocycles. The number of furan rings is 1. The molecular weight excluding hydrogens is 444 g/mol. The first-order valence-electron chi connectivity index (χ1n) is 11.3. The Morgan fingerprint density at radius 2 is 1.67 bits per heavy atom. The van der Waals surface area contributed by atoms with E-state index in [0.717, 1.165) is 37.7 Å². The highest BCUT2D eigenvalue weighted by Crippen LogP contribution is 2.30. The topological polar surface area (TPSA) is 110 Å². The summed E-state index contributed by atoms with van der Waals surface area (Å²) in [5.74, 6) is 1.00. The van der Waals surface area contributed by atoms with Crippen LogP contribution in [0, 0.1) is 0 Å². The maximum absolute atomic E-state index is 13.0. The van der Waals surface area contributed by atoms with Crippen LogP contribution in [0.2, 0.25) is 0 Å². The molecule has 0 bridgehead atoms. The molecule has 0 saturated carbocycles. The molecule has 33 heavy (non-hydrogen) atoms. The molecule has 0 N–H and O–H groups in total. The van der Waals surface area contributed by atoms with Gasteiger partial charge < -0.3 is 13.7 Å². The second-order valence-electron chi connectivity index (χ2n) is 8.51. The fourth-order valence-corrected chi connectivity index (χ4v) is 5.96. The zero-order valence-corrected chi connectivity index (χ0v) is 19.0. The van der Waals surface area contributed by atoms with Gasteiger partial charge in [0.05, 0.1) is 16.7 Å². The van der Waals surface area contributed by atoms with Crippen LogP contribution < -0.4 is 0 Å². The molecule has 3 aromatic rings. The standard InChI is InChI=1S/C23H26N4O5S/c28-23(18-4-6-20(7-5-18)33(29,30)27-11-2-1-3-12-27)26-13-8-17(9-14-26)21-24-25-22(32-21)19-10-15-31-16-19/h4-7,10,15-17H,1-3,8-9,11-14H2. The van der Waals surface area contributed by atoms with Crippen molar-refractivity contribution in [3.63, 3.8) is 0 Å². The summed E-state index contributed by atoms with van der Waals surface area (Å²) in [5.41, 5.74) is 1.23. The first kappa shape index (κ1) is 21.8. The molecule has 174 valence electrons. The van der Waals surface area contributed by atoms with Gasteiger partial charge in [0.1, 0.15) is 6.26 Å². The van der Waals surface area contributed by atoms with Crippen molar-refractivity contribution in [2.75, 3.05) is 26.2 Å². The number of piperidine rings is 2. The Balaban J connectivity index is 1.20. The number of nitrogens with zero attached hydrogens (tertiary/aromatic N) is 4. The van der Waals surface area contributed by atoms with Gasteiger partial charge in [-0.2, -0.15) is 4.31 Å². The van der Waals surface area contributed by atoms with Crippen molar-refractivity contribution < 1.29 is 22.0 Å². The van der Waals surface area contributed by atoms with E-state index in [0.29, 0.717) is 43.5 Å². The minimum Gasteiger partial charge on any atom is -0.472 e. The number of rotatable bonds is 5. The molecule has 5 rings (SSSR count). The lowest BCUT2D eigenvalue weighted by Gasteiger charge is -2.30. The third kappa shape index (κ3) is 4.45. The predicted molar refractivity (Wildman–Crippen MR) is 119 cm³/mol. The Hall–Kier alpha value is -2.98. The minimum atomic E-state index is -3.50. The number of sulfonamides is 1. The normalized spacial score (nSPS) is 18.5. The van der Waals surface area contributed by atoms with Crippen LogP contribution in [0.15, 0.2) is 56.6 Å². The summed E-state index contributed by atoms with van der Waals surface area (Å²) in [7, 11) is -3.50. The van der Waals surface area contributed by atoms with Crippen molar-refractivity contribution in [3.8, 4) is 11.5 Å². The number of benzene rings is 1. The van der Waals surface area contributed by atoms with Crippen LogP contribution in [0.3, 0.4) is 0 Å². The van der Waals surface area contributed by atoms with Gasteiger partial charge >= 0.3 is 0 Å². The number of carbonyl (C=O) groups excluding carboxylic acids is 1. The smallest absolute Gasteiger partial charge is 0.253 e. The molecule has 2 aromatic heterocycles. The Morgan fingerprint density at radius 3 is 2.33 bits per heavy atom. The first-order chi connectivity index (χ1) is 16.0. The molecule has 2 fully saturated rings. The van der Waals surface area contributed by atoms with E-state index in [1.54, 1.807) is 47.8 Å². The van der Waals surface area contributed by atoms with Crippen LogP contribution in [0.1, 0.15) is 54.3 Å². The third-order valence-corrected chi connectivity index (χ3v) is 8.31. The van der Waals surface area contributed by atoms with Gasteiger partial charge in [-0.1, -0.05) is 6.42 Å². The van der Waals surface area contributed by atoms with Crippen LogP contribution in [0.4, 0.5) is 0 Å². The summed E-state index contributed by atoms with van der Waals surface area (Å²) in [4.78, 5) is 15.0. The monoisotopic (exact) mass is 470 g/mol. The van der Waals surface area contributed by atoms with E-state index in [4.69, 9.17) is 8.83 Å². The van der Waals surface area contributed by atoms with Gasteiger partial charge in [0.25, 0.3) is 11.8 Å². The number of amides is 1. The lowest BCUT2D eigenvalue weighted by molar-refractivity contribution is 0.0706. The largest absolute Gasteiger partial charge is 0.472 e. The van der Waals surface area contributed by atoms with Crippen LogP contribution >= 0.6 is 0 Å². The number of carbonyl (C=O) groups is 1. The maximum Gasteiger partial charge on any atom is 0.253 e. The Morgan fingerprint density at radius 1 is 0.939 bits per heavy atom. The van der Waals surface area contributed by atoms with Crippen LogP contribution in [-0.2, 0) is 10.0 Å². The summed E-state index contributed by atoms with van der Waals surface area (Å²) in [6.07, 6.45) is 7.40. The molecule has 4 heterocycles. The summed E-state index contributed by atoms with van der Waals surface area (Å²) in [5, 5.41) is 8.26. The summed E-state index contributed by atoms with van der Waals surface area (Å²) in [6.45, 7) is 2.25. The highest BCUT2D eigenvalue weighted by Gasteiger charge is 2.29. The number of aromatic nitrogens is 2. The maximum atomic E-state index is 13.0. The Bertz CT molecular complexity index is 1190. The van der Waals surface area contributed by atoms with E-state index in [-0.39, 0.29) is 16.7 Å². The molecule has 1 amide bonds. The van der Waals surface area contributed by atoms with Gasteiger partial charge in [0, 0.05) is 37.7 Å². The average molecular weight is 471 g/mol. The molecule has 2 saturated heterocycles. The molecule has 0 spiro atoms. The highest BCUT2D eigenvalue weighted by atomic mass is 32.2. The van der Waals surface area contributed by atoms with Gasteiger partial charge in [-0.15, -0.1) is 10.2 Å². The quantitative estimate of drug-likeness (QED) is 0.561. The zero-order valence-electron chi connectivity index (χ0n) is 18.2. The van der Waals surface area contributed by atoms with E-state index in [1.165, 1.54) is 4.31 Å². The zero-order chi connectivity index (χ0) is 22.8. The molecule has 2 aliphatic rings. The Kier molecular flexibility index (Phi) is 6.03. The number of likely N-dealkylation sites (tertiary alicyclic amines) is 1. The number of hydrogen-bond donors (Lipinski definition) is 0. The van der Waals surface area contributed by atoms with Gasteiger partial charge in [0.2, 0.25) is 15.9 Å². The molecule has 0 atom stereocenters. The van der Waals surface area contributed by atoms with E-state index >= 15 is 0 Å². The van der Waals surface area contributed by atoms with E-state index in [1.807, 2.05) is 0 Å². The number of hydrogen-bond acceptors (Lipinski definition) is 7. The predicted octanol–water partition coefficient (Wildman–Crippen LogP) is 3.52. The van der Waals surface area contributed by atoms with Gasteiger partial charge in [0.15, 0.2) is 0 Å². The fraction of sp³-hybridized carbons (Fsp3) is 0.435. The molecule has 9 nitrogen and oxygen atoms in total. The lowest BCUT2D eigenvalue weighted by Crippen LogP contribution is -2.38. The van der Waals surface area contributed by atoms with Crippen LogP contribution in [0.25, 0.3) is 11.5 Å². The van der Waals surface area contributed by atoms with Crippen molar-refractivity contribution in [2.45, 2.75) is 42.9 Å². The molecule has 2 aliphatic heterocycles. The fourth-order valence-electron chi connectivity index (χ4n) is 4.44.